The van der Waals surface area contributed by atoms with Crippen molar-refractivity contribution in [3.05, 3.63) is 12.7 Å². The van der Waals surface area contributed by atoms with Crippen molar-refractivity contribution in [2.75, 3.05) is 0 Å². The third kappa shape index (κ3) is 4.01. The van der Waals surface area contributed by atoms with Crippen LogP contribution in [0.25, 0.3) is 0 Å². The van der Waals surface area contributed by atoms with Crippen molar-refractivity contribution in [1.82, 2.24) is 0 Å². The normalized spacial score (nSPS) is 31.5. The molecule has 1 aliphatic carbocycles. The van der Waals surface area contributed by atoms with Gasteiger partial charge >= 0.3 is 0 Å². The molecule has 1 aliphatic rings. The highest BCUT2D eigenvalue weighted by molar-refractivity contribution is 4.84. The highest BCUT2D eigenvalue weighted by Gasteiger charge is 2.28. The molecule has 15 heavy (non-hydrogen) atoms. The topological polar surface area (TPSA) is 0 Å². The van der Waals surface area contributed by atoms with E-state index in [4.69, 9.17) is 0 Å². The van der Waals surface area contributed by atoms with Gasteiger partial charge in [-0.2, -0.15) is 0 Å². The molecule has 0 heterocycles. The zero-order chi connectivity index (χ0) is 11.1. The van der Waals surface area contributed by atoms with Crippen molar-refractivity contribution in [3.63, 3.8) is 0 Å². The van der Waals surface area contributed by atoms with Gasteiger partial charge in [-0.15, -0.1) is 6.58 Å². The van der Waals surface area contributed by atoms with E-state index in [9.17, 15) is 0 Å². The monoisotopic (exact) mass is 208 g/mol. The molecule has 0 aromatic carbocycles. The summed E-state index contributed by atoms with van der Waals surface area (Å²) in [4.78, 5) is 0. The molecule has 0 aliphatic heterocycles. The number of hydrogen-bond donors (Lipinski definition) is 0. The summed E-state index contributed by atoms with van der Waals surface area (Å²) in [6, 6.07) is 0. The largest absolute Gasteiger partial charge is 0.103 e. The molecule has 0 heteroatoms. The quantitative estimate of drug-likeness (QED) is 0.527. The lowest BCUT2D eigenvalue weighted by Gasteiger charge is -2.36. The second kappa shape index (κ2) is 7.09. The highest BCUT2D eigenvalue weighted by atomic mass is 14.3. The first-order valence-electron chi connectivity index (χ1n) is 6.92. The highest BCUT2D eigenvalue weighted by Crippen LogP contribution is 2.40. The van der Waals surface area contributed by atoms with Gasteiger partial charge in [0.05, 0.1) is 0 Å². The Morgan fingerprint density at radius 3 is 2.40 bits per heavy atom. The van der Waals surface area contributed by atoms with Gasteiger partial charge in [0.15, 0.2) is 0 Å². The smallest absolute Gasteiger partial charge is 0.0322 e. The minimum Gasteiger partial charge on any atom is -0.103 e. The van der Waals surface area contributed by atoms with E-state index in [0.29, 0.717) is 0 Å². The summed E-state index contributed by atoms with van der Waals surface area (Å²) >= 11 is 0. The summed E-state index contributed by atoms with van der Waals surface area (Å²) in [7, 11) is 0. The van der Waals surface area contributed by atoms with Crippen molar-refractivity contribution >= 4 is 0 Å². The van der Waals surface area contributed by atoms with Crippen LogP contribution in [0.3, 0.4) is 0 Å². The SMILES string of the molecule is C=CCC1CCC(CCC)CC1CCC. The maximum Gasteiger partial charge on any atom is -0.0322 e. The zero-order valence-corrected chi connectivity index (χ0v) is 10.7. The van der Waals surface area contributed by atoms with Gasteiger partial charge in [-0.3, -0.25) is 0 Å². The van der Waals surface area contributed by atoms with Gasteiger partial charge in [0, 0.05) is 0 Å². The van der Waals surface area contributed by atoms with E-state index in [1.807, 2.05) is 0 Å². The Morgan fingerprint density at radius 1 is 1.07 bits per heavy atom. The summed E-state index contributed by atoms with van der Waals surface area (Å²) in [6.07, 6.45) is 13.5. The van der Waals surface area contributed by atoms with Gasteiger partial charge in [-0.05, 0) is 37.0 Å². The van der Waals surface area contributed by atoms with Gasteiger partial charge in [0.2, 0.25) is 0 Å². The molecule has 88 valence electrons. The zero-order valence-electron chi connectivity index (χ0n) is 10.7. The number of allylic oxidation sites excluding steroid dienone is 1. The molecule has 0 amide bonds. The van der Waals surface area contributed by atoms with Crippen molar-refractivity contribution in [2.24, 2.45) is 17.8 Å². The van der Waals surface area contributed by atoms with Crippen LogP contribution in [0.2, 0.25) is 0 Å². The molecule has 0 aromatic rings. The van der Waals surface area contributed by atoms with Crippen molar-refractivity contribution < 1.29 is 0 Å². The molecular formula is C15H28. The Hall–Kier alpha value is -0.260. The van der Waals surface area contributed by atoms with Gasteiger partial charge in [-0.1, -0.05) is 52.0 Å². The van der Waals surface area contributed by atoms with E-state index in [2.05, 4.69) is 26.5 Å². The minimum atomic E-state index is 0.954. The lowest BCUT2D eigenvalue weighted by molar-refractivity contribution is 0.163. The van der Waals surface area contributed by atoms with Gasteiger partial charge < -0.3 is 0 Å². The fraction of sp³-hybridized carbons (Fsp3) is 0.867. The molecule has 0 aromatic heterocycles. The molecule has 0 bridgehead atoms. The maximum absolute atomic E-state index is 3.90. The second-order valence-electron chi connectivity index (χ2n) is 5.30. The van der Waals surface area contributed by atoms with Crippen LogP contribution >= 0.6 is 0 Å². The first-order chi connectivity index (χ1) is 7.31. The molecule has 3 atom stereocenters. The third-order valence-electron chi connectivity index (χ3n) is 4.07. The number of rotatable bonds is 6. The fourth-order valence-electron chi connectivity index (χ4n) is 3.34. The van der Waals surface area contributed by atoms with Gasteiger partial charge in [0.25, 0.3) is 0 Å². The van der Waals surface area contributed by atoms with Crippen LogP contribution in [0, 0.1) is 17.8 Å². The lowest BCUT2D eigenvalue weighted by Crippen LogP contribution is -2.24. The predicted molar refractivity (Wildman–Crippen MR) is 69.0 cm³/mol. The first kappa shape index (κ1) is 12.8. The molecule has 3 unspecified atom stereocenters. The Labute approximate surface area is 96.2 Å². The van der Waals surface area contributed by atoms with E-state index in [0.717, 1.165) is 17.8 Å². The van der Waals surface area contributed by atoms with Gasteiger partial charge in [-0.25, -0.2) is 0 Å². The van der Waals surface area contributed by atoms with Crippen LogP contribution in [0.15, 0.2) is 12.7 Å². The molecule has 1 rings (SSSR count). The molecule has 0 N–H and O–H groups in total. The number of hydrogen-bond acceptors (Lipinski definition) is 0. The van der Waals surface area contributed by atoms with Crippen LogP contribution in [0.4, 0.5) is 0 Å². The van der Waals surface area contributed by atoms with Crippen LogP contribution in [-0.4, -0.2) is 0 Å². The summed E-state index contributed by atoms with van der Waals surface area (Å²) in [6.45, 7) is 8.56. The van der Waals surface area contributed by atoms with Crippen molar-refractivity contribution in [3.8, 4) is 0 Å². The maximum atomic E-state index is 3.90. The molecule has 1 fully saturated rings. The van der Waals surface area contributed by atoms with E-state index in [1.165, 1.54) is 51.4 Å². The standard InChI is InChI=1S/C15H28/c1-4-7-13-10-11-14(8-5-2)15(12-13)9-6-3/h5,13-15H,2,4,6-12H2,1,3H3. The Bertz CT molecular complexity index is 171. The average Bonchev–Trinajstić information content (AvgIpc) is 2.23. The summed E-state index contributed by atoms with van der Waals surface area (Å²) in [5, 5.41) is 0. The molecule has 0 nitrogen and oxygen atoms in total. The summed E-state index contributed by atoms with van der Waals surface area (Å²) in [5.41, 5.74) is 0. The summed E-state index contributed by atoms with van der Waals surface area (Å²) in [5.74, 6) is 2.99. The van der Waals surface area contributed by atoms with E-state index in [-0.39, 0.29) is 0 Å². The predicted octanol–water partition coefficient (Wildman–Crippen LogP) is 5.20. The minimum absolute atomic E-state index is 0.954. The molecule has 0 spiro atoms. The van der Waals surface area contributed by atoms with E-state index < -0.39 is 0 Å². The lowest BCUT2D eigenvalue weighted by atomic mass is 9.70. The molecule has 1 saturated carbocycles. The third-order valence-corrected chi connectivity index (χ3v) is 4.07. The Kier molecular flexibility index (Phi) is 6.05. The fourth-order valence-corrected chi connectivity index (χ4v) is 3.34. The van der Waals surface area contributed by atoms with Crippen LogP contribution in [0.5, 0.6) is 0 Å². The summed E-state index contributed by atoms with van der Waals surface area (Å²) < 4.78 is 0. The molecule has 0 radical (unpaired) electrons. The first-order valence-corrected chi connectivity index (χ1v) is 6.92. The van der Waals surface area contributed by atoms with Crippen molar-refractivity contribution in [1.29, 1.82) is 0 Å². The van der Waals surface area contributed by atoms with Crippen LogP contribution in [0.1, 0.15) is 65.2 Å². The second-order valence-corrected chi connectivity index (χ2v) is 5.30. The Balaban J connectivity index is 2.44. The van der Waals surface area contributed by atoms with Crippen LogP contribution in [-0.2, 0) is 0 Å². The van der Waals surface area contributed by atoms with E-state index in [1.54, 1.807) is 0 Å². The van der Waals surface area contributed by atoms with Crippen LogP contribution < -0.4 is 0 Å². The Morgan fingerprint density at radius 2 is 1.80 bits per heavy atom. The van der Waals surface area contributed by atoms with Gasteiger partial charge in [0.1, 0.15) is 0 Å². The molecular weight excluding hydrogens is 180 g/mol. The van der Waals surface area contributed by atoms with Crippen molar-refractivity contribution in [2.45, 2.75) is 65.2 Å². The van der Waals surface area contributed by atoms with E-state index >= 15 is 0 Å². The molecule has 0 saturated heterocycles. The average molecular weight is 208 g/mol.